The maximum absolute atomic E-state index is 13.4. The van der Waals surface area contributed by atoms with Gasteiger partial charge < -0.3 is 9.80 Å². The molecule has 0 N–H and O–H groups in total. The molecule has 0 bridgehead atoms. The van der Waals surface area contributed by atoms with E-state index in [2.05, 4.69) is 9.88 Å². The van der Waals surface area contributed by atoms with E-state index in [1.807, 2.05) is 61.5 Å². The van der Waals surface area contributed by atoms with E-state index in [1.54, 1.807) is 12.3 Å². The van der Waals surface area contributed by atoms with Crippen LogP contribution in [-0.4, -0.2) is 47.9 Å². The van der Waals surface area contributed by atoms with Gasteiger partial charge in [-0.15, -0.1) is 0 Å². The lowest BCUT2D eigenvalue weighted by Crippen LogP contribution is -2.33. The summed E-state index contributed by atoms with van der Waals surface area (Å²) in [5.41, 5.74) is 1.41. The number of carbonyl (C=O) groups excluding carboxylic acids is 1. The molecule has 3 aromatic rings. The number of carbonyl (C=O) groups is 1. The smallest absolute Gasteiger partial charge is 0.273 e. The molecule has 0 aliphatic carbocycles. The first-order valence-corrected chi connectivity index (χ1v) is 9.93. The Morgan fingerprint density at radius 3 is 2.54 bits per heavy atom. The van der Waals surface area contributed by atoms with E-state index in [-0.39, 0.29) is 5.91 Å². The average molecular weight is 416 g/mol. The molecule has 3 rings (SSSR count). The first kappa shape index (κ1) is 20.6. The zero-order valence-electron chi connectivity index (χ0n) is 16.0. The summed E-state index contributed by atoms with van der Waals surface area (Å²) in [6, 6.07) is 15.2. The number of hydrogen-bond acceptors (Lipinski definition) is 3. The van der Waals surface area contributed by atoms with Gasteiger partial charge in [0.05, 0.1) is 10.0 Å². The Labute approximate surface area is 175 Å². The molecule has 28 heavy (non-hydrogen) atoms. The number of fused-ring (bicyclic) bond motifs is 1. The second kappa shape index (κ2) is 9.37. The van der Waals surface area contributed by atoms with Gasteiger partial charge in [0.25, 0.3) is 5.91 Å². The zero-order valence-corrected chi connectivity index (χ0v) is 17.5. The fourth-order valence-electron chi connectivity index (χ4n) is 3.13. The molecule has 0 aliphatic rings. The van der Waals surface area contributed by atoms with Gasteiger partial charge in [0.1, 0.15) is 5.69 Å². The lowest BCUT2D eigenvalue weighted by Gasteiger charge is -2.24. The largest absolute Gasteiger partial charge is 0.333 e. The fourth-order valence-corrected chi connectivity index (χ4v) is 3.45. The second-order valence-electron chi connectivity index (χ2n) is 7.01. The normalized spacial score (nSPS) is 11.2. The number of halogens is 2. The summed E-state index contributed by atoms with van der Waals surface area (Å²) in [5, 5.41) is 2.86. The van der Waals surface area contributed by atoms with Crippen molar-refractivity contribution in [3.63, 3.8) is 0 Å². The maximum atomic E-state index is 13.4. The summed E-state index contributed by atoms with van der Waals surface area (Å²) in [6.07, 6.45) is 2.55. The number of nitrogens with zero attached hydrogens (tertiary/aromatic N) is 3. The van der Waals surface area contributed by atoms with Crippen molar-refractivity contribution in [2.24, 2.45) is 0 Å². The van der Waals surface area contributed by atoms with Gasteiger partial charge >= 0.3 is 0 Å². The molecule has 0 aliphatic heterocycles. The van der Waals surface area contributed by atoms with E-state index in [0.717, 1.165) is 29.3 Å². The van der Waals surface area contributed by atoms with Gasteiger partial charge in [-0.25, -0.2) is 0 Å². The van der Waals surface area contributed by atoms with Gasteiger partial charge in [-0.05, 0) is 56.2 Å². The number of benzene rings is 2. The van der Waals surface area contributed by atoms with Gasteiger partial charge in [-0.2, -0.15) is 0 Å². The molecule has 0 saturated carbocycles. The van der Waals surface area contributed by atoms with E-state index >= 15 is 0 Å². The van der Waals surface area contributed by atoms with Gasteiger partial charge in [-0.1, -0.05) is 53.5 Å². The van der Waals surface area contributed by atoms with Crippen molar-refractivity contribution >= 4 is 39.9 Å². The lowest BCUT2D eigenvalue weighted by atomic mass is 10.1. The Bertz CT molecular complexity index is 970. The molecule has 0 radical (unpaired) electrons. The summed E-state index contributed by atoms with van der Waals surface area (Å²) in [5.74, 6) is -0.0818. The third kappa shape index (κ3) is 5.02. The third-order valence-corrected chi connectivity index (χ3v) is 5.29. The highest BCUT2D eigenvalue weighted by Gasteiger charge is 2.20. The van der Waals surface area contributed by atoms with Crippen LogP contribution < -0.4 is 0 Å². The first-order valence-electron chi connectivity index (χ1n) is 9.17. The molecule has 1 heterocycles. The molecular weight excluding hydrogens is 393 g/mol. The van der Waals surface area contributed by atoms with E-state index in [0.29, 0.717) is 28.8 Å². The van der Waals surface area contributed by atoms with Crippen LogP contribution in [0.5, 0.6) is 0 Å². The van der Waals surface area contributed by atoms with Gasteiger partial charge in [0, 0.05) is 24.7 Å². The number of aromatic nitrogens is 1. The number of rotatable bonds is 7. The van der Waals surface area contributed by atoms with Gasteiger partial charge in [0.2, 0.25) is 0 Å². The van der Waals surface area contributed by atoms with E-state index in [4.69, 9.17) is 23.2 Å². The molecule has 0 saturated heterocycles. The Balaban J connectivity index is 1.90. The highest BCUT2D eigenvalue weighted by Crippen LogP contribution is 2.24. The number of amides is 1. The van der Waals surface area contributed by atoms with Crippen LogP contribution in [0.15, 0.2) is 54.7 Å². The summed E-state index contributed by atoms with van der Waals surface area (Å²) in [6.45, 7) is 1.98. The van der Waals surface area contributed by atoms with Gasteiger partial charge in [-0.3, -0.25) is 9.78 Å². The molecule has 1 aromatic heterocycles. The summed E-state index contributed by atoms with van der Waals surface area (Å²) >= 11 is 12.2. The van der Waals surface area contributed by atoms with Crippen LogP contribution in [0.2, 0.25) is 10.0 Å². The van der Waals surface area contributed by atoms with Crippen molar-refractivity contribution in [3.8, 4) is 0 Å². The van der Waals surface area contributed by atoms with Crippen molar-refractivity contribution in [2.45, 2.75) is 13.0 Å². The standard InChI is InChI=1S/C22H23Cl2N3O/c1-26(2)12-5-13-27(15-16-8-9-19(23)20(24)14-16)22(28)21-18-7-4-3-6-17(18)10-11-25-21/h3-4,6-11,14H,5,12-13,15H2,1-2H3. The zero-order chi connectivity index (χ0) is 20.1. The molecule has 0 fully saturated rings. The number of hydrogen-bond donors (Lipinski definition) is 0. The van der Waals surface area contributed by atoms with Crippen LogP contribution in [-0.2, 0) is 6.54 Å². The van der Waals surface area contributed by atoms with Crippen LogP contribution in [0.25, 0.3) is 10.8 Å². The molecule has 0 spiro atoms. The van der Waals surface area contributed by atoms with E-state index in [9.17, 15) is 4.79 Å². The maximum Gasteiger partial charge on any atom is 0.273 e. The Morgan fingerprint density at radius 2 is 1.79 bits per heavy atom. The van der Waals surface area contributed by atoms with Crippen LogP contribution >= 0.6 is 23.2 Å². The topological polar surface area (TPSA) is 36.4 Å². The predicted octanol–water partition coefficient (Wildman–Crippen LogP) is 5.14. The monoisotopic (exact) mass is 415 g/mol. The van der Waals surface area contributed by atoms with Crippen LogP contribution in [0.4, 0.5) is 0 Å². The highest BCUT2D eigenvalue weighted by atomic mass is 35.5. The molecule has 2 aromatic carbocycles. The SMILES string of the molecule is CN(C)CCCN(Cc1ccc(Cl)c(Cl)c1)C(=O)c1nccc2ccccc12. The van der Waals surface area contributed by atoms with Crippen molar-refractivity contribution in [1.29, 1.82) is 0 Å². The van der Waals surface area contributed by atoms with Gasteiger partial charge in [0.15, 0.2) is 0 Å². The van der Waals surface area contributed by atoms with Crippen molar-refractivity contribution in [1.82, 2.24) is 14.8 Å². The quantitative estimate of drug-likeness (QED) is 0.536. The van der Waals surface area contributed by atoms with E-state index in [1.165, 1.54) is 0 Å². The lowest BCUT2D eigenvalue weighted by molar-refractivity contribution is 0.0734. The minimum absolute atomic E-state index is 0.0818. The van der Waals surface area contributed by atoms with Crippen molar-refractivity contribution in [3.05, 3.63) is 76.0 Å². The molecule has 1 amide bonds. The fraction of sp³-hybridized carbons (Fsp3) is 0.273. The Morgan fingerprint density at radius 1 is 1.00 bits per heavy atom. The molecule has 0 unspecified atom stereocenters. The van der Waals surface area contributed by atoms with Crippen LogP contribution in [0.1, 0.15) is 22.5 Å². The summed E-state index contributed by atoms with van der Waals surface area (Å²) in [4.78, 5) is 21.7. The second-order valence-corrected chi connectivity index (χ2v) is 7.83. The van der Waals surface area contributed by atoms with E-state index < -0.39 is 0 Å². The molecule has 6 heteroatoms. The number of pyridine rings is 1. The Kier molecular flexibility index (Phi) is 6.89. The van der Waals surface area contributed by atoms with Crippen molar-refractivity contribution < 1.29 is 4.79 Å². The Hall–Kier alpha value is -2.14. The first-order chi connectivity index (χ1) is 13.5. The highest BCUT2D eigenvalue weighted by molar-refractivity contribution is 6.42. The summed E-state index contributed by atoms with van der Waals surface area (Å²) in [7, 11) is 4.05. The van der Waals surface area contributed by atoms with Crippen LogP contribution in [0, 0.1) is 0 Å². The minimum Gasteiger partial charge on any atom is -0.333 e. The summed E-state index contributed by atoms with van der Waals surface area (Å²) < 4.78 is 0. The molecule has 146 valence electrons. The van der Waals surface area contributed by atoms with Crippen LogP contribution in [0.3, 0.4) is 0 Å². The van der Waals surface area contributed by atoms with Crippen molar-refractivity contribution in [2.75, 3.05) is 27.2 Å². The average Bonchev–Trinajstić information content (AvgIpc) is 2.68. The third-order valence-electron chi connectivity index (χ3n) is 4.55. The molecule has 0 atom stereocenters. The molecular formula is C22H23Cl2N3O. The predicted molar refractivity (Wildman–Crippen MR) is 116 cm³/mol. The molecule has 4 nitrogen and oxygen atoms in total. The minimum atomic E-state index is -0.0818.